The highest BCUT2D eigenvalue weighted by Crippen LogP contribution is 2.16. The van der Waals surface area contributed by atoms with Crippen molar-refractivity contribution in [3.8, 4) is 5.75 Å². The second-order valence-electron chi connectivity index (χ2n) is 7.09. The Kier molecular flexibility index (Phi) is 9.22. The standard InChI is InChI=1S/C24H32N2O3/c1-4-22(24(28)25-5-2)26(18-20-12-9-11-19(3)17-20)23(27)15-10-16-29-21-13-7-6-8-14-21/h6-9,11-14,17,22H,4-5,10,15-16,18H2,1-3H3,(H,25,28)/t22-/m0/s1. The summed E-state index contributed by atoms with van der Waals surface area (Å²) in [6.07, 6.45) is 1.52. The molecule has 2 amide bonds. The molecule has 0 aromatic heterocycles. The Bertz CT molecular complexity index is 777. The van der Waals surface area contributed by atoms with E-state index in [4.69, 9.17) is 4.74 Å². The predicted molar refractivity (Wildman–Crippen MR) is 116 cm³/mol. The number of carbonyl (C=O) groups excluding carboxylic acids is 2. The first kappa shape index (κ1) is 22.5. The Balaban J connectivity index is 2.03. The highest BCUT2D eigenvalue weighted by atomic mass is 16.5. The normalized spacial score (nSPS) is 11.6. The van der Waals surface area contributed by atoms with Crippen LogP contribution in [0.3, 0.4) is 0 Å². The van der Waals surface area contributed by atoms with Crippen LogP contribution in [0.25, 0.3) is 0 Å². The summed E-state index contributed by atoms with van der Waals surface area (Å²) >= 11 is 0. The van der Waals surface area contributed by atoms with Gasteiger partial charge in [-0.25, -0.2) is 0 Å². The van der Waals surface area contributed by atoms with Crippen molar-refractivity contribution in [3.05, 3.63) is 65.7 Å². The van der Waals surface area contributed by atoms with E-state index in [1.165, 1.54) is 0 Å². The number of carbonyl (C=O) groups is 2. The summed E-state index contributed by atoms with van der Waals surface area (Å²) in [5, 5.41) is 2.86. The summed E-state index contributed by atoms with van der Waals surface area (Å²) in [6, 6.07) is 17.2. The van der Waals surface area contributed by atoms with Crippen LogP contribution < -0.4 is 10.1 Å². The monoisotopic (exact) mass is 396 g/mol. The maximum atomic E-state index is 13.0. The number of para-hydroxylation sites is 1. The van der Waals surface area contributed by atoms with E-state index in [9.17, 15) is 9.59 Å². The minimum Gasteiger partial charge on any atom is -0.494 e. The van der Waals surface area contributed by atoms with Crippen molar-refractivity contribution in [2.45, 2.75) is 52.6 Å². The molecule has 5 nitrogen and oxygen atoms in total. The summed E-state index contributed by atoms with van der Waals surface area (Å²) < 4.78 is 5.69. The fraction of sp³-hybridized carbons (Fsp3) is 0.417. The average Bonchev–Trinajstić information content (AvgIpc) is 2.72. The third kappa shape index (κ3) is 7.26. The van der Waals surface area contributed by atoms with Crippen LogP contribution >= 0.6 is 0 Å². The van der Waals surface area contributed by atoms with Gasteiger partial charge in [-0.3, -0.25) is 9.59 Å². The van der Waals surface area contributed by atoms with Crippen molar-refractivity contribution in [1.29, 1.82) is 0 Å². The van der Waals surface area contributed by atoms with Crippen LogP contribution in [-0.2, 0) is 16.1 Å². The van der Waals surface area contributed by atoms with Crippen molar-refractivity contribution >= 4 is 11.8 Å². The molecule has 0 saturated carbocycles. The summed E-state index contributed by atoms with van der Waals surface area (Å²) in [7, 11) is 0. The van der Waals surface area contributed by atoms with Crippen LogP contribution in [0.15, 0.2) is 54.6 Å². The van der Waals surface area contributed by atoms with Crippen molar-refractivity contribution in [3.63, 3.8) is 0 Å². The summed E-state index contributed by atoms with van der Waals surface area (Å²) in [6.45, 7) is 7.29. The lowest BCUT2D eigenvalue weighted by atomic mass is 10.1. The van der Waals surface area contributed by atoms with Gasteiger partial charge in [-0.1, -0.05) is 55.0 Å². The van der Waals surface area contributed by atoms with Gasteiger partial charge in [-0.2, -0.15) is 0 Å². The van der Waals surface area contributed by atoms with E-state index in [-0.39, 0.29) is 11.8 Å². The molecule has 2 aromatic carbocycles. The molecule has 0 bridgehead atoms. The van der Waals surface area contributed by atoms with Crippen LogP contribution in [0.2, 0.25) is 0 Å². The molecule has 2 rings (SSSR count). The quantitative estimate of drug-likeness (QED) is 0.582. The zero-order valence-electron chi connectivity index (χ0n) is 17.7. The lowest BCUT2D eigenvalue weighted by Gasteiger charge is -2.30. The molecule has 0 unspecified atom stereocenters. The summed E-state index contributed by atoms with van der Waals surface area (Å²) in [4.78, 5) is 27.3. The van der Waals surface area contributed by atoms with Crippen LogP contribution in [0.5, 0.6) is 5.75 Å². The van der Waals surface area contributed by atoms with Gasteiger partial charge in [0.2, 0.25) is 11.8 Å². The van der Waals surface area contributed by atoms with Gasteiger partial charge in [-0.05, 0) is 44.4 Å². The number of ether oxygens (including phenoxy) is 1. The van der Waals surface area contributed by atoms with E-state index in [0.717, 1.165) is 16.9 Å². The molecule has 0 fully saturated rings. The molecule has 2 aromatic rings. The molecule has 0 spiro atoms. The van der Waals surface area contributed by atoms with Gasteiger partial charge in [0.05, 0.1) is 6.61 Å². The first-order valence-corrected chi connectivity index (χ1v) is 10.4. The third-order valence-electron chi connectivity index (χ3n) is 4.72. The predicted octanol–water partition coefficient (Wildman–Crippen LogP) is 4.10. The van der Waals surface area contributed by atoms with Gasteiger partial charge in [0.1, 0.15) is 11.8 Å². The zero-order valence-corrected chi connectivity index (χ0v) is 17.7. The molecule has 0 saturated heterocycles. The van der Waals surface area contributed by atoms with Gasteiger partial charge < -0.3 is 15.0 Å². The molecule has 156 valence electrons. The summed E-state index contributed by atoms with van der Waals surface area (Å²) in [5.41, 5.74) is 2.17. The SMILES string of the molecule is CCNC(=O)[C@H](CC)N(Cc1cccc(C)c1)C(=O)CCCOc1ccccc1. The van der Waals surface area contributed by atoms with Crippen molar-refractivity contribution in [2.75, 3.05) is 13.2 Å². The number of likely N-dealkylation sites (N-methyl/N-ethyl adjacent to an activating group) is 1. The Morgan fingerprint density at radius 1 is 1.07 bits per heavy atom. The van der Waals surface area contributed by atoms with Crippen LogP contribution in [-0.4, -0.2) is 35.9 Å². The van der Waals surface area contributed by atoms with Gasteiger partial charge in [0, 0.05) is 19.5 Å². The number of nitrogens with zero attached hydrogens (tertiary/aromatic N) is 1. The largest absolute Gasteiger partial charge is 0.494 e. The van der Waals surface area contributed by atoms with Gasteiger partial charge >= 0.3 is 0 Å². The smallest absolute Gasteiger partial charge is 0.242 e. The molecule has 29 heavy (non-hydrogen) atoms. The second-order valence-corrected chi connectivity index (χ2v) is 7.09. The molecule has 0 heterocycles. The molecule has 0 aliphatic carbocycles. The molecule has 0 aliphatic heterocycles. The van der Waals surface area contributed by atoms with Gasteiger partial charge in [-0.15, -0.1) is 0 Å². The molecule has 0 radical (unpaired) electrons. The summed E-state index contributed by atoms with van der Waals surface area (Å²) in [5.74, 6) is 0.670. The third-order valence-corrected chi connectivity index (χ3v) is 4.72. The maximum absolute atomic E-state index is 13.0. The van der Waals surface area contributed by atoms with Crippen molar-refractivity contribution in [2.24, 2.45) is 0 Å². The van der Waals surface area contributed by atoms with E-state index in [1.807, 2.05) is 69.3 Å². The molecule has 0 aliphatic rings. The fourth-order valence-electron chi connectivity index (χ4n) is 3.29. The highest BCUT2D eigenvalue weighted by molar-refractivity contribution is 5.87. The first-order chi connectivity index (χ1) is 14.0. The maximum Gasteiger partial charge on any atom is 0.242 e. The highest BCUT2D eigenvalue weighted by Gasteiger charge is 2.27. The van der Waals surface area contributed by atoms with Crippen LogP contribution in [0.4, 0.5) is 0 Å². The van der Waals surface area contributed by atoms with E-state index >= 15 is 0 Å². The fourth-order valence-corrected chi connectivity index (χ4v) is 3.29. The molecule has 5 heteroatoms. The Labute approximate surface area is 174 Å². The van der Waals surface area contributed by atoms with Crippen molar-refractivity contribution < 1.29 is 14.3 Å². The van der Waals surface area contributed by atoms with E-state index in [0.29, 0.717) is 39.0 Å². The van der Waals surface area contributed by atoms with E-state index < -0.39 is 6.04 Å². The van der Waals surface area contributed by atoms with E-state index in [2.05, 4.69) is 11.4 Å². The number of benzene rings is 2. The lowest BCUT2D eigenvalue weighted by Crippen LogP contribution is -2.49. The molecule has 1 N–H and O–H groups in total. The number of nitrogens with one attached hydrogen (secondary N) is 1. The molecular weight excluding hydrogens is 364 g/mol. The van der Waals surface area contributed by atoms with Gasteiger partial charge in [0.25, 0.3) is 0 Å². The zero-order chi connectivity index (χ0) is 21.1. The number of hydrogen-bond acceptors (Lipinski definition) is 3. The Hall–Kier alpha value is -2.82. The van der Waals surface area contributed by atoms with Crippen LogP contribution in [0.1, 0.15) is 44.2 Å². The Morgan fingerprint density at radius 3 is 2.48 bits per heavy atom. The Morgan fingerprint density at radius 2 is 1.83 bits per heavy atom. The van der Waals surface area contributed by atoms with E-state index in [1.54, 1.807) is 4.90 Å². The lowest BCUT2D eigenvalue weighted by molar-refractivity contribution is -0.141. The number of rotatable bonds is 11. The molecule has 1 atom stereocenters. The topological polar surface area (TPSA) is 58.6 Å². The number of amides is 2. The van der Waals surface area contributed by atoms with Crippen molar-refractivity contribution in [1.82, 2.24) is 10.2 Å². The number of aryl methyl sites for hydroxylation is 1. The average molecular weight is 397 g/mol. The van der Waals surface area contributed by atoms with Gasteiger partial charge in [0.15, 0.2) is 0 Å². The minimum atomic E-state index is -0.474. The second kappa shape index (κ2) is 11.9. The molecular formula is C24H32N2O3. The van der Waals surface area contributed by atoms with Crippen LogP contribution in [0, 0.1) is 6.92 Å². The number of hydrogen-bond donors (Lipinski definition) is 1. The minimum absolute atomic E-state index is 0.0266. The first-order valence-electron chi connectivity index (χ1n) is 10.4.